The zero-order valence-corrected chi connectivity index (χ0v) is 46.6. The van der Waals surface area contributed by atoms with Crippen molar-refractivity contribution in [1.82, 2.24) is 47.9 Å². The van der Waals surface area contributed by atoms with E-state index in [-0.39, 0.29) is 83.5 Å². The van der Waals surface area contributed by atoms with Crippen LogP contribution in [0.15, 0.2) is 4.99 Å². The Balaban J connectivity index is 6.88. The summed E-state index contributed by atoms with van der Waals surface area (Å²) in [5, 5.41) is 34.6. The number of guanidine groups is 1. The SMILES string of the molecule is CCC[C@H](NC(=O)[C@H](CCC)NC(=O)[C@@H](NC(=O)[C@H](CCCCN)NC(=O)[C@@H](NC(=O)[C@H](CCCN=C(N)N)NC(=O)[C@H](CCCCN)NC(=O)[C@H](CCC)NC(=O)[C@H](CCC)NC(=O)CN)[C@@H](C)CC)[C@@H](C)O)C(N)=O. The van der Waals surface area contributed by atoms with Gasteiger partial charge in [-0.1, -0.05) is 73.6 Å². The number of nitrogens with zero attached hydrogens (tertiary/aromatic N) is 1. The van der Waals surface area contributed by atoms with E-state index in [0.717, 1.165) is 0 Å². The van der Waals surface area contributed by atoms with E-state index in [2.05, 4.69) is 52.8 Å². The number of unbranched alkanes of at least 4 members (excludes halogenated alkanes) is 2. The second kappa shape index (κ2) is 40.1. The van der Waals surface area contributed by atoms with Crippen molar-refractivity contribution in [2.45, 2.75) is 218 Å². The largest absolute Gasteiger partial charge is 0.391 e. The van der Waals surface area contributed by atoms with E-state index < -0.39 is 125 Å². The Labute approximate surface area is 454 Å². The van der Waals surface area contributed by atoms with E-state index in [1.807, 2.05) is 6.92 Å². The van der Waals surface area contributed by atoms with Gasteiger partial charge in [0.25, 0.3) is 0 Å². The summed E-state index contributed by atoms with van der Waals surface area (Å²) >= 11 is 0. The molecule has 0 spiro atoms. The Bertz CT molecular complexity index is 1890. The van der Waals surface area contributed by atoms with E-state index in [4.69, 9.17) is 34.4 Å². The van der Waals surface area contributed by atoms with E-state index >= 15 is 0 Å². The molecule has 11 atom stereocenters. The topological polar surface area (TPSA) is 468 Å². The summed E-state index contributed by atoms with van der Waals surface area (Å²) in [4.78, 5) is 139. The van der Waals surface area contributed by atoms with Crippen LogP contribution >= 0.6 is 0 Å². The van der Waals surface area contributed by atoms with Crippen LogP contribution in [0.2, 0.25) is 0 Å². The molecule has 442 valence electrons. The Morgan fingerprint density at radius 1 is 0.416 bits per heavy atom. The minimum atomic E-state index is -1.62. The molecule has 0 fully saturated rings. The van der Waals surface area contributed by atoms with Gasteiger partial charge >= 0.3 is 0 Å². The van der Waals surface area contributed by atoms with Gasteiger partial charge in [0, 0.05) is 6.54 Å². The molecular weight excluding hydrogens is 1000 g/mol. The molecule has 27 nitrogen and oxygen atoms in total. The second-order valence-electron chi connectivity index (χ2n) is 19.4. The Hall–Kier alpha value is -6.19. The molecule has 0 saturated carbocycles. The fourth-order valence-corrected chi connectivity index (χ4v) is 8.02. The number of aliphatic imine (C=N–C) groups is 1. The highest BCUT2D eigenvalue weighted by atomic mass is 16.3. The lowest BCUT2D eigenvalue weighted by Crippen LogP contribution is -2.62. The van der Waals surface area contributed by atoms with E-state index in [0.29, 0.717) is 57.8 Å². The molecule has 27 heteroatoms. The van der Waals surface area contributed by atoms with Crippen molar-refractivity contribution in [3.63, 3.8) is 0 Å². The van der Waals surface area contributed by atoms with Crippen LogP contribution in [0.1, 0.15) is 158 Å². The van der Waals surface area contributed by atoms with Gasteiger partial charge in [-0.25, -0.2) is 0 Å². The van der Waals surface area contributed by atoms with Gasteiger partial charge in [0.05, 0.1) is 12.6 Å². The third-order valence-electron chi connectivity index (χ3n) is 12.7. The molecule has 0 rings (SSSR count). The lowest BCUT2D eigenvalue weighted by atomic mass is 9.96. The number of primary amides is 1. The number of aliphatic hydroxyl groups excluding tert-OH is 1. The van der Waals surface area contributed by atoms with Crippen molar-refractivity contribution in [3.8, 4) is 0 Å². The Kier molecular flexibility index (Phi) is 36.9. The maximum absolute atomic E-state index is 14.4. The molecule has 0 saturated heterocycles. The Morgan fingerprint density at radius 2 is 0.740 bits per heavy atom. The minimum Gasteiger partial charge on any atom is -0.391 e. The fourth-order valence-electron chi connectivity index (χ4n) is 8.02. The zero-order chi connectivity index (χ0) is 58.6. The number of nitrogens with two attached hydrogens (primary N) is 6. The van der Waals surface area contributed by atoms with E-state index in [1.165, 1.54) is 6.92 Å². The van der Waals surface area contributed by atoms with Crippen molar-refractivity contribution in [1.29, 1.82) is 0 Å². The van der Waals surface area contributed by atoms with Crippen LogP contribution in [0.25, 0.3) is 0 Å². The van der Waals surface area contributed by atoms with Crippen molar-refractivity contribution >= 4 is 65.0 Å². The number of carbonyl (C=O) groups excluding carboxylic acids is 10. The van der Waals surface area contributed by atoms with Crippen LogP contribution in [0.4, 0.5) is 0 Å². The van der Waals surface area contributed by atoms with Gasteiger partial charge in [-0.15, -0.1) is 0 Å². The molecule has 0 radical (unpaired) electrons. The first-order valence-corrected chi connectivity index (χ1v) is 27.4. The number of aliphatic hydroxyl groups is 1. The van der Waals surface area contributed by atoms with Crippen molar-refractivity contribution < 1.29 is 53.1 Å². The highest BCUT2D eigenvalue weighted by Gasteiger charge is 2.37. The monoisotopic (exact) mass is 1100 g/mol. The standard InChI is InChI=1S/C50H96N16O11/c1-8-18-31(41(54)69)59-43(71)34(21-11-4)63-49(77)40(30(7)67)66-47(75)36(23-14-16-26-52)64-48(76)39(29(6)12-5)65-46(74)37(24-17-27-57-50(55)56)62-45(73)35(22-13-15-25-51)61-44(72)33(20-10-3)60-42(70)32(19-9-2)58-38(68)28-53/h29-37,39-40,67H,8-28,51-53H2,1-7H3,(H2,54,69)(H,58,68)(H,59,71)(H,60,70)(H,61,72)(H,62,73)(H,63,77)(H,64,76)(H,65,74)(H,66,75)(H4,55,56,57)/t29-,30+,31-,32-,33-,34-,35-,36-,37-,39-,40-/m0/s1. The Morgan fingerprint density at radius 3 is 1.09 bits per heavy atom. The lowest BCUT2D eigenvalue weighted by Gasteiger charge is -2.30. The molecule has 10 amide bonds. The zero-order valence-electron chi connectivity index (χ0n) is 46.6. The first kappa shape index (κ1) is 70.8. The van der Waals surface area contributed by atoms with Crippen LogP contribution in [0, 0.1) is 5.92 Å². The molecule has 77 heavy (non-hydrogen) atoms. The number of amides is 10. The molecule has 0 aliphatic carbocycles. The van der Waals surface area contributed by atoms with Crippen LogP contribution in [-0.2, 0) is 47.9 Å². The molecule has 0 unspecified atom stereocenters. The van der Waals surface area contributed by atoms with E-state index in [9.17, 15) is 53.1 Å². The highest BCUT2D eigenvalue weighted by Crippen LogP contribution is 2.14. The summed E-state index contributed by atoms with van der Waals surface area (Å²) in [5.74, 6) is -8.20. The number of hydrogen-bond donors (Lipinski definition) is 16. The molecule has 0 aliphatic heterocycles. The number of carbonyl (C=O) groups is 10. The van der Waals surface area contributed by atoms with Gasteiger partial charge in [0.2, 0.25) is 59.1 Å². The fraction of sp³-hybridized carbons (Fsp3) is 0.780. The average molecular weight is 1100 g/mol. The van der Waals surface area contributed by atoms with Gasteiger partial charge in [-0.3, -0.25) is 52.9 Å². The summed E-state index contributed by atoms with van der Waals surface area (Å²) < 4.78 is 0. The average Bonchev–Trinajstić information content (AvgIpc) is 3.38. The summed E-state index contributed by atoms with van der Waals surface area (Å²) in [7, 11) is 0. The van der Waals surface area contributed by atoms with Gasteiger partial charge in [0.1, 0.15) is 54.4 Å². The smallest absolute Gasteiger partial charge is 0.245 e. The van der Waals surface area contributed by atoms with Crippen LogP contribution in [0.5, 0.6) is 0 Å². The van der Waals surface area contributed by atoms with Gasteiger partial charge in [-0.05, 0) is 103 Å². The van der Waals surface area contributed by atoms with Gasteiger partial charge in [0.15, 0.2) is 5.96 Å². The molecule has 0 aromatic heterocycles. The first-order valence-electron chi connectivity index (χ1n) is 27.4. The predicted octanol–water partition coefficient (Wildman–Crippen LogP) is -3.27. The number of hydrogen-bond acceptors (Lipinski definition) is 15. The van der Waals surface area contributed by atoms with Crippen molar-refractivity contribution in [2.24, 2.45) is 45.3 Å². The number of rotatable bonds is 42. The summed E-state index contributed by atoms with van der Waals surface area (Å²) in [6.07, 6.45) is 3.55. The molecule has 0 aliphatic rings. The molecular formula is C50H96N16O11. The third kappa shape index (κ3) is 28.1. The number of nitrogens with one attached hydrogen (secondary N) is 9. The molecule has 0 aromatic rings. The maximum Gasteiger partial charge on any atom is 0.245 e. The van der Waals surface area contributed by atoms with Crippen molar-refractivity contribution in [2.75, 3.05) is 26.2 Å². The van der Waals surface area contributed by atoms with Crippen molar-refractivity contribution in [3.05, 3.63) is 0 Å². The van der Waals surface area contributed by atoms with Gasteiger partial charge < -0.3 is 87.4 Å². The second-order valence-corrected chi connectivity index (χ2v) is 19.4. The normalized spacial score (nSPS) is 15.4. The van der Waals surface area contributed by atoms with Crippen LogP contribution in [0.3, 0.4) is 0 Å². The van der Waals surface area contributed by atoms with E-state index in [1.54, 1.807) is 34.6 Å². The first-order chi connectivity index (χ1) is 36.5. The molecule has 0 heterocycles. The molecule has 0 bridgehead atoms. The highest BCUT2D eigenvalue weighted by molar-refractivity contribution is 5.98. The minimum absolute atomic E-state index is 0.0184. The summed E-state index contributed by atoms with van der Waals surface area (Å²) in [6.45, 7) is 12.2. The van der Waals surface area contributed by atoms with Crippen LogP contribution in [-0.4, -0.2) is 157 Å². The lowest BCUT2D eigenvalue weighted by molar-refractivity contribution is -0.137. The quantitative estimate of drug-likeness (QED) is 0.0162. The van der Waals surface area contributed by atoms with Gasteiger partial charge in [-0.2, -0.15) is 0 Å². The third-order valence-corrected chi connectivity index (χ3v) is 12.7. The maximum atomic E-state index is 14.4. The molecule has 0 aromatic carbocycles. The predicted molar refractivity (Wildman–Crippen MR) is 292 cm³/mol. The summed E-state index contributed by atoms with van der Waals surface area (Å²) in [5.41, 5.74) is 33.5. The molecule has 22 N–H and O–H groups in total. The van der Waals surface area contributed by atoms with Crippen LogP contribution < -0.4 is 82.3 Å². The summed E-state index contributed by atoms with van der Waals surface area (Å²) in [6, 6.07) is -11.0.